The third-order valence-electron chi connectivity index (χ3n) is 3.69. The Morgan fingerprint density at radius 2 is 2.47 bits per heavy atom. The summed E-state index contributed by atoms with van der Waals surface area (Å²) >= 11 is 0. The van der Waals surface area contributed by atoms with Gasteiger partial charge < -0.3 is 14.4 Å². The summed E-state index contributed by atoms with van der Waals surface area (Å²) in [4.78, 5) is 13.4. The van der Waals surface area contributed by atoms with E-state index in [2.05, 4.69) is 18.0 Å². The Morgan fingerprint density at radius 1 is 1.60 bits per heavy atom. The van der Waals surface area contributed by atoms with Gasteiger partial charge >= 0.3 is 5.97 Å². The third kappa shape index (κ3) is 1.40. The maximum atomic E-state index is 11.1. The minimum Gasteiger partial charge on any atom is -0.427 e. The molecule has 82 valence electrons. The van der Waals surface area contributed by atoms with Crippen LogP contribution in [-0.4, -0.2) is 42.9 Å². The van der Waals surface area contributed by atoms with Crippen molar-refractivity contribution in [3.05, 3.63) is 12.2 Å². The Kier molecular flexibility index (Phi) is 1.91. The molecule has 3 unspecified atom stereocenters. The second-order valence-electron chi connectivity index (χ2n) is 4.64. The molecule has 2 aliphatic heterocycles. The molecule has 0 amide bonds. The zero-order chi connectivity index (χ0) is 10.5. The number of ether oxygens (including phenoxy) is 2. The number of rotatable bonds is 0. The van der Waals surface area contributed by atoms with Crippen molar-refractivity contribution >= 4 is 5.97 Å². The SMILES string of the molecule is CN1CCC2C=CC3(CC21)OCC(=O)O3. The normalized spacial score (nSPS) is 44.7. The van der Waals surface area contributed by atoms with Gasteiger partial charge in [0.1, 0.15) is 6.61 Å². The summed E-state index contributed by atoms with van der Waals surface area (Å²) in [7, 11) is 2.12. The van der Waals surface area contributed by atoms with Crippen molar-refractivity contribution in [2.24, 2.45) is 5.92 Å². The lowest BCUT2D eigenvalue weighted by atomic mass is 9.87. The molecule has 2 fully saturated rings. The Labute approximate surface area is 88.8 Å². The highest BCUT2D eigenvalue weighted by Gasteiger charge is 2.47. The number of fused-ring (bicyclic) bond motifs is 1. The van der Waals surface area contributed by atoms with E-state index in [0.29, 0.717) is 12.0 Å². The van der Waals surface area contributed by atoms with Crippen LogP contribution in [0.4, 0.5) is 0 Å². The second-order valence-corrected chi connectivity index (χ2v) is 4.64. The van der Waals surface area contributed by atoms with Crippen LogP contribution < -0.4 is 0 Å². The van der Waals surface area contributed by atoms with E-state index in [1.165, 1.54) is 6.42 Å². The number of nitrogens with zero attached hydrogens (tertiary/aromatic N) is 1. The van der Waals surface area contributed by atoms with Crippen molar-refractivity contribution < 1.29 is 14.3 Å². The lowest BCUT2D eigenvalue weighted by Gasteiger charge is -2.35. The summed E-state index contributed by atoms with van der Waals surface area (Å²) in [6.45, 7) is 1.20. The van der Waals surface area contributed by atoms with E-state index >= 15 is 0 Å². The molecule has 1 spiro atoms. The zero-order valence-corrected chi connectivity index (χ0v) is 8.81. The van der Waals surface area contributed by atoms with Gasteiger partial charge in [0.2, 0.25) is 5.79 Å². The first-order chi connectivity index (χ1) is 7.19. The van der Waals surface area contributed by atoms with Crippen molar-refractivity contribution in [3.63, 3.8) is 0 Å². The van der Waals surface area contributed by atoms with Gasteiger partial charge in [-0.25, -0.2) is 4.79 Å². The third-order valence-corrected chi connectivity index (χ3v) is 3.69. The molecular weight excluding hydrogens is 194 g/mol. The molecular formula is C11H15NO3. The molecule has 2 saturated heterocycles. The molecule has 15 heavy (non-hydrogen) atoms. The average Bonchev–Trinajstić information content (AvgIpc) is 2.74. The van der Waals surface area contributed by atoms with Crippen molar-refractivity contribution in [2.75, 3.05) is 20.2 Å². The van der Waals surface area contributed by atoms with Crippen LogP contribution in [0.2, 0.25) is 0 Å². The molecule has 3 rings (SSSR count). The van der Waals surface area contributed by atoms with E-state index in [1.807, 2.05) is 6.08 Å². The van der Waals surface area contributed by atoms with E-state index < -0.39 is 5.79 Å². The Bertz CT molecular complexity index is 328. The van der Waals surface area contributed by atoms with Gasteiger partial charge in [-0.2, -0.15) is 0 Å². The summed E-state index contributed by atoms with van der Waals surface area (Å²) in [6, 6.07) is 0.459. The Hall–Kier alpha value is -0.870. The van der Waals surface area contributed by atoms with Crippen LogP contribution in [0, 0.1) is 5.92 Å². The largest absolute Gasteiger partial charge is 0.427 e. The number of esters is 1. The van der Waals surface area contributed by atoms with E-state index in [4.69, 9.17) is 9.47 Å². The quantitative estimate of drug-likeness (QED) is 0.431. The smallest absolute Gasteiger partial charge is 0.335 e. The van der Waals surface area contributed by atoms with Crippen LogP contribution in [0.3, 0.4) is 0 Å². The molecule has 0 radical (unpaired) electrons. The van der Waals surface area contributed by atoms with Gasteiger partial charge in [0.05, 0.1) is 0 Å². The maximum Gasteiger partial charge on any atom is 0.335 e. The highest BCUT2D eigenvalue weighted by atomic mass is 16.8. The fourth-order valence-electron chi connectivity index (χ4n) is 2.81. The van der Waals surface area contributed by atoms with Crippen LogP contribution in [-0.2, 0) is 14.3 Å². The average molecular weight is 209 g/mol. The van der Waals surface area contributed by atoms with Gasteiger partial charge in [0, 0.05) is 12.5 Å². The van der Waals surface area contributed by atoms with Crippen molar-refractivity contribution in [3.8, 4) is 0 Å². The van der Waals surface area contributed by atoms with E-state index in [-0.39, 0.29) is 12.6 Å². The Balaban J connectivity index is 1.85. The molecule has 0 aromatic heterocycles. The first-order valence-electron chi connectivity index (χ1n) is 5.44. The minimum absolute atomic E-state index is 0.0887. The lowest BCUT2D eigenvalue weighted by molar-refractivity contribution is -0.163. The van der Waals surface area contributed by atoms with Crippen LogP contribution in [0.15, 0.2) is 12.2 Å². The van der Waals surface area contributed by atoms with Gasteiger partial charge in [-0.05, 0) is 32.0 Å². The van der Waals surface area contributed by atoms with Crippen LogP contribution in [0.25, 0.3) is 0 Å². The molecule has 0 N–H and O–H groups in total. The summed E-state index contributed by atoms with van der Waals surface area (Å²) in [5, 5.41) is 0. The lowest BCUT2D eigenvalue weighted by Crippen LogP contribution is -2.42. The fourth-order valence-corrected chi connectivity index (χ4v) is 2.81. The molecule has 3 aliphatic rings. The standard InChI is InChI=1S/C11H15NO3/c1-12-5-3-8-2-4-11(6-9(8)12)14-7-10(13)15-11/h2,4,8-9H,3,5-7H2,1H3. The van der Waals surface area contributed by atoms with Gasteiger partial charge in [-0.3, -0.25) is 0 Å². The highest BCUT2D eigenvalue weighted by Crippen LogP contribution is 2.39. The maximum absolute atomic E-state index is 11.1. The molecule has 4 heteroatoms. The number of likely N-dealkylation sites (tertiary alicyclic amines) is 1. The van der Waals surface area contributed by atoms with E-state index in [0.717, 1.165) is 13.0 Å². The fraction of sp³-hybridized carbons (Fsp3) is 0.727. The topological polar surface area (TPSA) is 38.8 Å². The number of hydrogen-bond donors (Lipinski definition) is 0. The summed E-state index contributed by atoms with van der Waals surface area (Å²) in [5.41, 5.74) is 0. The van der Waals surface area contributed by atoms with Gasteiger partial charge in [-0.1, -0.05) is 6.08 Å². The van der Waals surface area contributed by atoms with Crippen LogP contribution in [0.1, 0.15) is 12.8 Å². The van der Waals surface area contributed by atoms with Crippen LogP contribution >= 0.6 is 0 Å². The minimum atomic E-state index is -0.753. The van der Waals surface area contributed by atoms with Gasteiger partial charge in [-0.15, -0.1) is 0 Å². The van der Waals surface area contributed by atoms with Gasteiger partial charge in [0.15, 0.2) is 0 Å². The molecule has 1 aliphatic carbocycles. The van der Waals surface area contributed by atoms with Crippen molar-refractivity contribution in [1.29, 1.82) is 0 Å². The predicted octanol–water partition coefficient (Wildman–Crippen LogP) is 0.536. The first-order valence-corrected chi connectivity index (χ1v) is 5.44. The number of carbonyl (C=O) groups is 1. The van der Waals surface area contributed by atoms with Crippen molar-refractivity contribution in [1.82, 2.24) is 4.90 Å². The van der Waals surface area contributed by atoms with E-state index in [1.54, 1.807) is 0 Å². The Morgan fingerprint density at radius 3 is 3.20 bits per heavy atom. The monoisotopic (exact) mass is 209 g/mol. The molecule has 0 saturated carbocycles. The second kappa shape index (κ2) is 3.06. The number of hydrogen-bond acceptors (Lipinski definition) is 4. The molecule has 0 aromatic rings. The van der Waals surface area contributed by atoms with Crippen LogP contribution in [0.5, 0.6) is 0 Å². The summed E-state index contributed by atoms with van der Waals surface area (Å²) in [6.07, 6.45) is 6.05. The molecule has 2 heterocycles. The summed E-state index contributed by atoms with van der Waals surface area (Å²) < 4.78 is 10.7. The first kappa shape index (κ1) is 9.36. The predicted molar refractivity (Wildman–Crippen MR) is 53.1 cm³/mol. The van der Waals surface area contributed by atoms with Gasteiger partial charge in [0.25, 0.3) is 0 Å². The molecule has 0 bridgehead atoms. The molecule has 0 aromatic carbocycles. The van der Waals surface area contributed by atoms with Crippen molar-refractivity contribution in [2.45, 2.75) is 24.7 Å². The zero-order valence-electron chi connectivity index (χ0n) is 8.81. The van der Waals surface area contributed by atoms with E-state index in [9.17, 15) is 4.79 Å². The molecule has 4 nitrogen and oxygen atoms in total. The number of carbonyl (C=O) groups excluding carboxylic acids is 1. The summed E-state index contributed by atoms with van der Waals surface area (Å²) in [5.74, 6) is -0.404. The highest BCUT2D eigenvalue weighted by molar-refractivity contribution is 5.73. The molecule has 3 atom stereocenters.